The van der Waals surface area contributed by atoms with E-state index >= 15 is 0 Å². The summed E-state index contributed by atoms with van der Waals surface area (Å²) in [6.07, 6.45) is 0. The molecule has 0 saturated heterocycles. The minimum atomic E-state index is -0.0371. The van der Waals surface area contributed by atoms with Crippen LogP contribution in [0.15, 0.2) is 54.6 Å². The highest BCUT2D eigenvalue weighted by atomic mass is 16.5. The third-order valence-electron chi connectivity index (χ3n) is 4.76. The maximum atomic E-state index is 11.9. The molecule has 1 amide bonds. The van der Waals surface area contributed by atoms with E-state index in [1.165, 1.54) is 0 Å². The molecule has 0 atom stereocenters. The van der Waals surface area contributed by atoms with Gasteiger partial charge < -0.3 is 19.1 Å². The SMILES string of the molecule is CCN(C)C(=O)COc1ccc2cc(-c3cc(OC)cc(OC)c3)ccc2c1. The van der Waals surface area contributed by atoms with Crippen molar-refractivity contribution in [3.63, 3.8) is 0 Å². The average Bonchev–Trinajstić information content (AvgIpc) is 2.75. The van der Waals surface area contributed by atoms with Crippen LogP contribution in [0.5, 0.6) is 17.2 Å². The van der Waals surface area contributed by atoms with E-state index in [4.69, 9.17) is 14.2 Å². The molecule has 0 unspecified atom stereocenters. The Hall–Kier alpha value is -3.21. The Kier molecular flexibility index (Phi) is 6.04. The molecule has 0 aliphatic carbocycles. The molecule has 0 heterocycles. The Labute approximate surface area is 165 Å². The zero-order chi connectivity index (χ0) is 20.1. The fraction of sp³-hybridized carbons (Fsp3) is 0.261. The van der Waals surface area contributed by atoms with Crippen LogP contribution in [0.2, 0.25) is 0 Å². The Bertz CT molecular complexity index is 961. The fourth-order valence-corrected chi connectivity index (χ4v) is 2.90. The Morgan fingerprint density at radius 2 is 1.46 bits per heavy atom. The average molecular weight is 379 g/mol. The third kappa shape index (κ3) is 4.36. The Morgan fingerprint density at radius 3 is 2.11 bits per heavy atom. The minimum Gasteiger partial charge on any atom is -0.497 e. The smallest absolute Gasteiger partial charge is 0.260 e. The number of rotatable bonds is 7. The largest absolute Gasteiger partial charge is 0.497 e. The first-order valence-electron chi connectivity index (χ1n) is 9.18. The van der Waals surface area contributed by atoms with Crippen LogP contribution in [0.1, 0.15) is 6.92 Å². The van der Waals surface area contributed by atoms with Crippen molar-refractivity contribution in [2.24, 2.45) is 0 Å². The summed E-state index contributed by atoms with van der Waals surface area (Å²) in [5.41, 5.74) is 2.09. The summed E-state index contributed by atoms with van der Waals surface area (Å²) in [7, 11) is 5.05. The number of likely N-dealkylation sites (N-methyl/N-ethyl adjacent to an activating group) is 1. The van der Waals surface area contributed by atoms with Gasteiger partial charge in [0.15, 0.2) is 6.61 Å². The third-order valence-corrected chi connectivity index (χ3v) is 4.76. The van der Waals surface area contributed by atoms with Crippen molar-refractivity contribution >= 4 is 16.7 Å². The topological polar surface area (TPSA) is 48.0 Å². The van der Waals surface area contributed by atoms with Gasteiger partial charge in [0.1, 0.15) is 17.2 Å². The van der Waals surface area contributed by atoms with Gasteiger partial charge in [0, 0.05) is 19.7 Å². The number of ether oxygens (including phenoxy) is 3. The number of carbonyl (C=O) groups excluding carboxylic acids is 1. The van der Waals surface area contributed by atoms with Crippen LogP contribution in [-0.2, 0) is 4.79 Å². The van der Waals surface area contributed by atoms with E-state index in [9.17, 15) is 4.79 Å². The summed E-state index contributed by atoms with van der Waals surface area (Å²) in [6.45, 7) is 2.64. The predicted octanol–water partition coefficient (Wildman–Crippen LogP) is 4.38. The zero-order valence-corrected chi connectivity index (χ0v) is 16.7. The number of hydrogen-bond donors (Lipinski definition) is 0. The summed E-state index contributed by atoms with van der Waals surface area (Å²) in [6, 6.07) is 17.9. The van der Waals surface area contributed by atoms with Gasteiger partial charge in [0.25, 0.3) is 5.91 Å². The molecule has 3 rings (SSSR count). The second kappa shape index (κ2) is 8.65. The van der Waals surface area contributed by atoms with Crippen molar-refractivity contribution in [2.75, 3.05) is 34.4 Å². The van der Waals surface area contributed by atoms with E-state index < -0.39 is 0 Å². The van der Waals surface area contributed by atoms with Crippen LogP contribution in [0.25, 0.3) is 21.9 Å². The molecule has 0 bridgehead atoms. The van der Waals surface area contributed by atoms with Crippen LogP contribution in [0.4, 0.5) is 0 Å². The molecule has 0 N–H and O–H groups in total. The highest BCUT2D eigenvalue weighted by Crippen LogP contribution is 2.32. The van der Waals surface area contributed by atoms with Gasteiger partial charge in [0.2, 0.25) is 0 Å². The highest BCUT2D eigenvalue weighted by molar-refractivity contribution is 5.88. The van der Waals surface area contributed by atoms with Gasteiger partial charge in [-0.15, -0.1) is 0 Å². The molecule has 0 radical (unpaired) electrons. The summed E-state index contributed by atoms with van der Waals surface area (Å²) in [4.78, 5) is 13.5. The van der Waals surface area contributed by atoms with Crippen LogP contribution in [0.3, 0.4) is 0 Å². The molecule has 3 aromatic rings. The number of nitrogens with zero attached hydrogens (tertiary/aromatic N) is 1. The standard InChI is InChI=1S/C23H25NO4/c1-5-24(2)23(25)15-28-20-9-8-16-10-17(6-7-18(16)11-20)19-12-21(26-3)14-22(13-19)27-4/h6-14H,5,15H2,1-4H3. The van der Waals surface area contributed by atoms with Gasteiger partial charge in [-0.25, -0.2) is 0 Å². The second-order valence-corrected chi connectivity index (χ2v) is 6.52. The van der Waals surface area contributed by atoms with Crippen LogP contribution >= 0.6 is 0 Å². The Morgan fingerprint density at radius 1 is 0.821 bits per heavy atom. The van der Waals surface area contributed by atoms with E-state index in [2.05, 4.69) is 12.1 Å². The van der Waals surface area contributed by atoms with Crippen molar-refractivity contribution in [1.82, 2.24) is 4.90 Å². The normalized spacial score (nSPS) is 10.6. The monoisotopic (exact) mass is 379 g/mol. The van der Waals surface area contributed by atoms with E-state index in [0.29, 0.717) is 12.3 Å². The summed E-state index contributed by atoms with van der Waals surface area (Å²) >= 11 is 0. The molecule has 0 saturated carbocycles. The van der Waals surface area contributed by atoms with E-state index in [-0.39, 0.29) is 12.5 Å². The predicted molar refractivity (Wildman–Crippen MR) is 111 cm³/mol. The highest BCUT2D eigenvalue weighted by Gasteiger charge is 2.09. The lowest BCUT2D eigenvalue weighted by molar-refractivity contribution is -0.131. The maximum absolute atomic E-state index is 11.9. The number of fused-ring (bicyclic) bond motifs is 1. The van der Waals surface area contributed by atoms with Crippen molar-refractivity contribution in [1.29, 1.82) is 0 Å². The minimum absolute atomic E-state index is 0.0371. The molecule has 0 spiro atoms. The molecule has 5 nitrogen and oxygen atoms in total. The lowest BCUT2D eigenvalue weighted by Crippen LogP contribution is -2.31. The van der Waals surface area contributed by atoms with E-state index in [1.807, 2.05) is 49.4 Å². The van der Waals surface area contributed by atoms with E-state index in [1.54, 1.807) is 26.2 Å². The van der Waals surface area contributed by atoms with Crippen molar-refractivity contribution < 1.29 is 19.0 Å². The quantitative estimate of drug-likeness (QED) is 0.611. The number of benzene rings is 3. The lowest BCUT2D eigenvalue weighted by Gasteiger charge is -2.15. The lowest BCUT2D eigenvalue weighted by atomic mass is 10.0. The summed E-state index contributed by atoms with van der Waals surface area (Å²) < 4.78 is 16.4. The van der Waals surface area contributed by atoms with Gasteiger partial charge in [-0.05, 0) is 59.2 Å². The molecule has 0 aliphatic heterocycles. The molecule has 0 fully saturated rings. The fourth-order valence-electron chi connectivity index (χ4n) is 2.90. The van der Waals surface area contributed by atoms with Crippen molar-refractivity contribution in [3.8, 4) is 28.4 Å². The molecule has 0 aliphatic rings. The van der Waals surface area contributed by atoms with Gasteiger partial charge >= 0.3 is 0 Å². The summed E-state index contributed by atoms with van der Waals surface area (Å²) in [5.74, 6) is 2.14. The van der Waals surface area contributed by atoms with Gasteiger partial charge in [-0.1, -0.05) is 18.2 Å². The first-order chi connectivity index (χ1) is 13.5. The van der Waals surface area contributed by atoms with Crippen LogP contribution in [-0.4, -0.2) is 45.2 Å². The molecule has 146 valence electrons. The molecule has 28 heavy (non-hydrogen) atoms. The number of amides is 1. The maximum Gasteiger partial charge on any atom is 0.260 e. The molecular formula is C23H25NO4. The second-order valence-electron chi connectivity index (χ2n) is 6.52. The summed E-state index contributed by atoms with van der Waals surface area (Å²) in [5, 5.41) is 2.14. The van der Waals surface area contributed by atoms with Crippen LogP contribution in [0, 0.1) is 0 Å². The van der Waals surface area contributed by atoms with Crippen LogP contribution < -0.4 is 14.2 Å². The van der Waals surface area contributed by atoms with E-state index in [0.717, 1.165) is 33.4 Å². The van der Waals surface area contributed by atoms with Gasteiger partial charge in [0.05, 0.1) is 14.2 Å². The Balaban J connectivity index is 1.84. The van der Waals surface area contributed by atoms with Gasteiger partial charge in [-0.3, -0.25) is 4.79 Å². The first kappa shape index (κ1) is 19.5. The number of methoxy groups -OCH3 is 2. The van der Waals surface area contributed by atoms with Crippen molar-refractivity contribution in [3.05, 3.63) is 54.6 Å². The number of carbonyl (C=O) groups is 1. The molecule has 0 aromatic heterocycles. The zero-order valence-electron chi connectivity index (χ0n) is 16.7. The number of hydrogen-bond acceptors (Lipinski definition) is 4. The van der Waals surface area contributed by atoms with Crippen molar-refractivity contribution in [2.45, 2.75) is 6.92 Å². The first-order valence-corrected chi connectivity index (χ1v) is 9.18. The molecule has 3 aromatic carbocycles. The molecule has 5 heteroatoms. The molecular weight excluding hydrogens is 354 g/mol. The van der Waals surface area contributed by atoms with Gasteiger partial charge in [-0.2, -0.15) is 0 Å².